The predicted octanol–water partition coefficient (Wildman–Crippen LogP) is 10.2. The van der Waals surface area contributed by atoms with Gasteiger partial charge in [-0.2, -0.15) is 0 Å². The van der Waals surface area contributed by atoms with Gasteiger partial charge < -0.3 is 9.55 Å². The molecule has 5 nitrogen and oxygen atoms in total. The number of pyridine rings is 1. The van der Waals surface area contributed by atoms with Gasteiger partial charge in [-0.1, -0.05) is 102 Å². The first-order valence-corrected chi connectivity index (χ1v) is 16.1. The topological polar surface area (TPSA) is 49.7 Å². The summed E-state index contributed by atoms with van der Waals surface area (Å²) in [5, 5.41) is 4.60. The summed E-state index contributed by atoms with van der Waals surface area (Å²) >= 11 is 0. The summed E-state index contributed by atoms with van der Waals surface area (Å²) in [7, 11) is 0. The van der Waals surface area contributed by atoms with Gasteiger partial charge in [-0.3, -0.25) is 4.57 Å². The van der Waals surface area contributed by atoms with Crippen molar-refractivity contribution in [3.8, 4) is 34.0 Å². The molecular formula is C43H27N5Pt. The van der Waals surface area contributed by atoms with Gasteiger partial charge in [-0.15, -0.1) is 34.8 Å². The molecule has 6 heteroatoms. The van der Waals surface area contributed by atoms with E-state index in [1.165, 1.54) is 5.39 Å². The first kappa shape index (κ1) is 29.4. The van der Waals surface area contributed by atoms with Crippen molar-refractivity contribution in [1.29, 1.82) is 0 Å². The van der Waals surface area contributed by atoms with Crippen LogP contribution < -0.4 is 4.98 Å². The fourth-order valence-corrected chi connectivity index (χ4v) is 7.25. The maximum absolute atomic E-state index is 5.45. The fourth-order valence-electron chi connectivity index (χ4n) is 7.25. The number of nitrogens with zero attached hydrogens (tertiary/aromatic N) is 5. The molecule has 0 radical (unpaired) electrons. The maximum Gasteiger partial charge on any atom is 2.00 e. The Morgan fingerprint density at radius 1 is 0.612 bits per heavy atom. The van der Waals surface area contributed by atoms with Crippen LogP contribution in [0, 0.1) is 13.0 Å². The van der Waals surface area contributed by atoms with Gasteiger partial charge in [0.2, 0.25) is 0 Å². The summed E-state index contributed by atoms with van der Waals surface area (Å²) < 4.78 is 4.49. The Morgan fingerprint density at radius 3 is 2.22 bits per heavy atom. The van der Waals surface area contributed by atoms with Crippen LogP contribution in [0.3, 0.4) is 0 Å². The number of para-hydroxylation sites is 5. The smallest absolute Gasteiger partial charge is 0.656 e. The van der Waals surface area contributed by atoms with E-state index in [0.29, 0.717) is 0 Å². The molecule has 49 heavy (non-hydrogen) atoms. The third kappa shape index (κ3) is 4.50. The van der Waals surface area contributed by atoms with Gasteiger partial charge in [-0.25, -0.2) is 9.97 Å². The van der Waals surface area contributed by atoms with E-state index in [2.05, 4.69) is 143 Å². The number of aryl methyl sites for hydroxylation is 1. The molecule has 10 aromatic rings. The standard InChI is InChI=1S/C43H27N5.Pt/c1-27-23-24-44-40(25-27)48-37-19-8-6-14-32(37)33-22-21-28(26-39(33)48)30-15-10-20-38-42(30)46-43(47(38)29-11-3-2-4-12-29)35-17-9-16-34-31-13-5-7-18-36(31)45-41(34)35;/h2-25H,1H3;/q-2;+2. The van der Waals surface area contributed by atoms with Crippen molar-refractivity contribution in [2.75, 3.05) is 0 Å². The molecule has 4 heterocycles. The first-order valence-electron chi connectivity index (χ1n) is 16.1. The maximum atomic E-state index is 5.45. The molecule has 6 aromatic carbocycles. The van der Waals surface area contributed by atoms with Crippen molar-refractivity contribution in [1.82, 2.24) is 24.1 Å². The Bertz CT molecular complexity index is 2860. The summed E-state index contributed by atoms with van der Waals surface area (Å²) in [6.45, 7) is 2.10. The summed E-state index contributed by atoms with van der Waals surface area (Å²) in [5.74, 6) is 1.74. The number of hydrogen-bond acceptors (Lipinski definition) is 2. The van der Waals surface area contributed by atoms with Crippen molar-refractivity contribution in [2.45, 2.75) is 6.92 Å². The minimum Gasteiger partial charge on any atom is -0.656 e. The van der Waals surface area contributed by atoms with E-state index in [4.69, 9.17) is 15.0 Å². The SMILES string of the molecule is Cc1ccnc(-n2c3[c-]c(-c4cccc5c4nc(-c4cccc6c4[n-]c4ccccc46)n5-c4ccccc4)ccc3c3ccccc32)c1.[Pt+2]. The van der Waals surface area contributed by atoms with Crippen molar-refractivity contribution in [3.05, 3.63) is 157 Å². The molecule has 4 aromatic heterocycles. The average molecular weight is 809 g/mol. The second-order valence-corrected chi connectivity index (χ2v) is 12.3. The number of benzene rings is 6. The molecule has 0 aliphatic carbocycles. The molecule has 0 aliphatic heterocycles. The Kier molecular flexibility index (Phi) is 6.85. The molecular weight excluding hydrogens is 782 g/mol. The largest absolute Gasteiger partial charge is 2.00 e. The van der Waals surface area contributed by atoms with Crippen LogP contribution in [0.15, 0.2) is 146 Å². The second-order valence-electron chi connectivity index (χ2n) is 12.3. The van der Waals surface area contributed by atoms with E-state index in [9.17, 15) is 0 Å². The minimum absolute atomic E-state index is 0. The Hall–Kier alpha value is -5.77. The van der Waals surface area contributed by atoms with Crippen LogP contribution in [0.1, 0.15) is 5.56 Å². The zero-order chi connectivity index (χ0) is 31.8. The number of rotatable bonds is 4. The Balaban J connectivity index is 0.00000325. The van der Waals surface area contributed by atoms with Crippen LogP contribution >= 0.6 is 0 Å². The molecule has 0 fully saturated rings. The van der Waals surface area contributed by atoms with E-state index in [1.54, 1.807) is 0 Å². The quantitative estimate of drug-likeness (QED) is 0.167. The van der Waals surface area contributed by atoms with Gasteiger partial charge in [0.05, 0.1) is 11.0 Å². The van der Waals surface area contributed by atoms with Crippen LogP contribution in [0.2, 0.25) is 0 Å². The van der Waals surface area contributed by atoms with E-state index < -0.39 is 0 Å². The summed E-state index contributed by atoms with van der Waals surface area (Å²) in [6, 6.07) is 52.5. The molecule has 0 spiro atoms. The summed E-state index contributed by atoms with van der Waals surface area (Å²) in [5.41, 5.74) is 11.2. The van der Waals surface area contributed by atoms with E-state index >= 15 is 0 Å². The molecule has 10 rings (SSSR count). The van der Waals surface area contributed by atoms with Gasteiger partial charge in [-0.05, 0) is 70.6 Å². The van der Waals surface area contributed by atoms with E-state index in [1.807, 2.05) is 24.4 Å². The van der Waals surface area contributed by atoms with Crippen molar-refractivity contribution in [3.63, 3.8) is 0 Å². The third-order valence-electron chi connectivity index (χ3n) is 9.41. The van der Waals surface area contributed by atoms with Gasteiger partial charge in [0, 0.05) is 23.0 Å². The molecule has 0 amide bonds. The Labute approximate surface area is 296 Å². The van der Waals surface area contributed by atoms with Crippen LogP contribution in [-0.4, -0.2) is 19.1 Å². The average Bonchev–Trinajstić information content (AvgIpc) is 3.81. The molecule has 0 N–H and O–H groups in total. The number of hydrogen-bond donors (Lipinski definition) is 0. The zero-order valence-electron chi connectivity index (χ0n) is 26.4. The van der Waals surface area contributed by atoms with Crippen molar-refractivity contribution >= 4 is 54.6 Å². The molecule has 0 saturated carbocycles. The normalized spacial score (nSPS) is 11.6. The summed E-state index contributed by atoms with van der Waals surface area (Å²) in [4.78, 5) is 15.3. The number of fused-ring (bicyclic) bond motifs is 7. The minimum atomic E-state index is 0. The molecule has 0 unspecified atom stereocenters. The van der Waals surface area contributed by atoms with Crippen LogP contribution in [0.25, 0.3) is 88.7 Å². The van der Waals surface area contributed by atoms with Crippen LogP contribution in [-0.2, 0) is 21.1 Å². The van der Waals surface area contributed by atoms with Gasteiger partial charge in [0.15, 0.2) is 0 Å². The van der Waals surface area contributed by atoms with Gasteiger partial charge in [0.1, 0.15) is 11.6 Å². The Morgan fingerprint density at radius 2 is 1.35 bits per heavy atom. The van der Waals surface area contributed by atoms with E-state index in [0.717, 1.165) is 88.8 Å². The molecule has 0 aliphatic rings. The monoisotopic (exact) mass is 808 g/mol. The second kappa shape index (κ2) is 11.4. The zero-order valence-corrected chi connectivity index (χ0v) is 28.7. The van der Waals surface area contributed by atoms with Crippen molar-refractivity contribution in [2.24, 2.45) is 0 Å². The fraction of sp³-hybridized carbons (Fsp3) is 0.0233. The molecule has 0 atom stereocenters. The molecule has 0 bridgehead atoms. The first-order chi connectivity index (χ1) is 23.7. The number of imidazole rings is 1. The van der Waals surface area contributed by atoms with Crippen LogP contribution in [0.4, 0.5) is 0 Å². The van der Waals surface area contributed by atoms with E-state index in [-0.39, 0.29) is 21.1 Å². The molecule has 234 valence electrons. The number of aromatic nitrogens is 5. The summed E-state index contributed by atoms with van der Waals surface area (Å²) in [6.07, 6.45) is 1.87. The van der Waals surface area contributed by atoms with Gasteiger partial charge >= 0.3 is 21.1 Å². The van der Waals surface area contributed by atoms with Crippen molar-refractivity contribution < 1.29 is 21.1 Å². The third-order valence-corrected chi connectivity index (χ3v) is 9.41. The predicted molar refractivity (Wildman–Crippen MR) is 196 cm³/mol. The van der Waals surface area contributed by atoms with Crippen LogP contribution in [0.5, 0.6) is 0 Å². The van der Waals surface area contributed by atoms with Gasteiger partial charge in [0.25, 0.3) is 0 Å². The molecule has 0 saturated heterocycles.